The molecule has 0 bridgehead atoms. The van der Waals surface area contributed by atoms with Gasteiger partial charge < -0.3 is 9.47 Å². The van der Waals surface area contributed by atoms with E-state index in [4.69, 9.17) is 11.6 Å². The van der Waals surface area contributed by atoms with Crippen LogP contribution < -0.4 is 4.90 Å². The lowest BCUT2D eigenvalue weighted by atomic mass is 9.96. The van der Waals surface area contributed by atoms with Gasteiger partial charge in [-0.3, -0.25) is 0 Å². The van der Waals surface area contributed by atoms with Crippen molar-refractivity contribution in [3.8, 4) is 6.07 Å². The average Bonchev–Trinajstić information content (AvgIpc) is 2.90. The number of nitriles is 1. The molecule has 1 atom stereocenters. The van der Waals surface area contributed by atoms with E-state index in [-0.39, 0.29) is 0 Å². The van der Waals surface area contributed by atoms with Crippen LogP contribution in [0.1, 0.15) is 55.2 Å². The van der Waals surface area contributed by atoms with Crippen LogP contribution in [0.25, 0.3) is 0 Å². The van der Waals surface area contributed by atoms with E-state index < -0.39 is 0 Å². The highest BCUT2D eigenvalue weighted by Gasteiger charge is 2.28. The number of aryl methyl sites for hydroxylation is 1. The number of anilines is 1. The zero-order valence-corrected chi connectivity index (χ0v) is 15.0. The summed E-state index contributed by atoms with van der Waals surface area (Å²) in [5, 5.41) is 19.1. The van der Waals surface area contributed by atoms with Gasteiger partial charge in [0.2, 0.25) is 0 Å². The number of rotatable bonds is 2. The second-order valence-electron chi connectivity index (χ2n) is 7.00. The van der Waals surface area contributed by atoms with Crippen molar-refractivity contribution in [2.45, 2.75) is 51.0 Å². The summed E-state index contributed by atoms with van der Waals surface area (Å²) in [6.45, 7) is 2.86. The third kappa shape index (κ3) is 3.23. The molecule has 2 aliphatic rings. The Labute approximate surface area is 153 Å². The van der Waals surface area contributed by atoms with E-state index in [1.165, 1.54) is 19.3 Å². The molecule has 1 unspecified atom stereocenters. The van der Waals surface area contributed by atoms with E-state index in [1.807, 2.05) is 12.1 Å². The lowest BCUT2D eigenvalue weighted by Crippen LogP contribution is -2.36. The van der Waals surface area contributed by atoms with Gasteiger partial charge in [-0.25, -0.2) is 0 Å². The Balaban J connectivity index is 1.61. The Bertz CT molecular complexity index is 807. The van der Waals surface area contributed by atoms with Crippen molar-refractivity contribution in [1.82, 2.24) is 14.8 Å². The predicted octanol–water partition coefficient (Wildman–Crippen LogP) is 3.91. The molecule has 1 aromatic heterocycles. The number of aromatic nitrogens is 3. The van der Waals surface area contributed by atoms with Crippen LogP contribution in [0.2, 0.25) is 5.02 Å². The van der Waals surface area contributed by atoms with E-state index in [1.54, 1.807) is 6.07 Å². The van der Waals surface area contributed by atoms with Gasteiger partial charge in [0, 0.05) is 37.0 Å². The molecular weight excluding hydrogens is 334 g/mol. The van der Waals surface area contributed by atoms with Crippen LogP contribution in [0.4, 0.5) is 5.69 Å². The Morgan fingerprint density at radius 2 is 2.04 bits per heavy atom. The van der Waals surface area contributed by atoms with Crippen molar-refractivity contribution in [3.63, 3.8) is 0 Å². The van der Waals surface area contributed by atoms with Crippen LogP contribution in [0.5, 0.6) is 0 Å². The molecule has 1 aromatic carbocycles. The summed E-state index contributed by atoms with van der Waals surface area (Å²) in [5.74, 6) is 2.63. The highest BCUT2D eigenvalue weighted by molar-refractivity contribution is 6.30. The molecule has 1 saturated heterocycles. The van der Waals surface area contributed by atoms with Crippen molar-refractivity contribution in [3.05, 3.63) is 40.4 Å². The van der Waals surface area contributed by atoms with Gasteiger partial charge in [-0.1, -0.05) is 18.0 Å². The summed E-state index contributed by atoms with van der Waals surface area (Å²) in [5.41, 5.74) is 1.63. The fourth-order valence-corrected chi connectivity index (χ4v) is 4.24. The second kappa shape index (κ2) is 7.05. The Kier molecular flexibility index (Phi) is 4.63. The molecule has 1 fully saturated rings. The minimum Gasteiger partial charge on any atom is -0.370 e. The maximum atomic E-state index is 9.43. The van der Waals surface area contributed by atoms with Crippen molar-refractivity contribution < 1.29 is 0 Å². The van der Waals surface area contributed by atoms with Crippen LogP contribution in [-0.2, 0) is 13.0 Å². The molecule has 6 heteroatoms. The molecule has 25 heavy (non-hydrogen) atoms. The highest BCUT2D eigenvalue weighted by atomic mass is 35.5. The number of fused-ring (bicyclic) bond motifs is 1. The molecule has 0 radical (unpaired) electrons. The van der Waals surface area contributed by atoms with Gasteiger partial charge in [-0.05, 0) is 43.9 Å². The smallest absolute Gasteiger partial charge is 0.137 e. The van der Waals surface area contributed by atoms with Gasteiger partial charge in [0.05, 0.1) is 11.3 Å². The van der Waals surface area contributed by atoms with Crippen molar-refractivity contribution in [1.29, 1.82) is 5.26 Å². The van der Waals surface area contributed by atoms with E-state index in [2.05, 4.69) is 25.7 Å². The Morgan fingerprint density at radius 3 is 2.92 bits per heavy atom. The first-order valence-electron chi connectivity index (χ1n) is 9.13. The van der Waals surface area contributed by atoms with Crippen LogP contribution in [-0.4, -0.2) is 27.9 Å². The first kappa shape index (κ1) is 16.4. The molecule has 4 rings (SSSR count). The maximum Gasteiger partial charge on any atom is 0.137 e. The van der Waals surface area contributed by atoms with Gasteiger partial charge in [-0.15, -0.1) is 10.2 Å². The number of hydrogen-bond acceptors (Lipinski definition) is 4. The first-order valence-corrected chi connectivity index (χ1v) is 9.50. The third-order valence-electron chi connectivity index (χ3n) is 5.35. The SMILES string of the molecule is N#Cc1ccc(Cl)cc1N1CCCC(c2nnc3n2CCCCC3)C1. The maximum absolute atomic E-state index is 9.43. The van der Waals surface area contributed by atoms with Crippen molar-refractivity contribution in [2.24, 2.45) is 0 Å². The predicted molar refractivity (Wildman–Crippen MR) is 97.9 cm³/mol. The minimum atomic E-state index is 0.360. The zero-order valence-electron chi connectivity index (χ0n) is 14.3. The lowest BCUT2D eigenvalue weighted by Gasteiger charge is -2.34. The lowest BCUT2D eigenvalue weighted by molar-refractivity contribution is 0.465. The second-order valence-corrected chi connectivity index (χ2v) is 7.43. The fraction of sp³-hybridized carbons (Fsp3) is 0.526. The Morgan fingerprint density at radius 1 is 1.12 bits per heavy atom. The molecule has 5 nitrogen and oxygen atoms in total. The van der Waals surface area contributed by atoms with Gasteiger partial charge in [-0.2, -0.15) is 5.26 Å². The zero-order chi connectivity index (χ0) is 17.2. The molecule has 0 amide bonds. The molecule has 0 saturated carbocycles. The molecule has 3 heterocycles. The fourth-order valence-electron chi connectivity index (χ4n) is 4.08. The van der Waals surface area contributed by atoms with Gasteiger partial charge in [0.15, 0.2) is 0 Å². The summed E-state index contributed by atoms with van der Waals surface area (Å²) in [6, 6.07) is 7.80. The molecule has 2 aliphatic heterocycles. The van der Waals surface area contributed by atoms with Crippen molar-refractivity contribution in [2.75, 3.05) is 18.0 Å². The minimum absolute atomic E-state index is 0.360. The van der Waals surface area contributed by atoms with Crippen molar-refractivity contribution >= 4 is 17.3 Å². The molecule has 130 valence electrons. The molecule has 0 aliphatic carbocycles. The quantitative estimate of drug-likeness (QED) is 0.819. The Hall–Kier alpha value is -2.06. The summed E-state index contributed by atoms with van der Waals surface area (Å²) >= 11 is 6.18. The summed E-state index contributed by atoms with van der Waals surface area (Å²) in [4.78, 5) is 2.29. The molecule has 0 spiro atoms. The topological polar surface area (TPSA) is 57.7 Å². The standard InChI is InChI=1S/C19H22ClN5/c20-16-8-7-14(12-21)17(11-16)24-9-4-5-15(13-24)19-23-22-18-6-2-1-3-10-25(18)19/h7-8,11,15H,1-6,9-10,13H2. The molecule has 2 aromatic rings. The molecular formula is C19H22ClN5. The first-order chi connectivity index (χ1) is 12.3. The summed E-state index contributed by atoms with van der Waals surface area (Å²) in [7, 11) is 0. The van der Waals surface area contributed by atoms with Gasteiger partial charge in [0.1, 0.15) is 17.7 Å². The monoisotopic (exact) mass is 355 g/mol. The summed E-state index contributed by atoms with van der Waals surface area (Å²) in [6.07, 6.45) is 6.94. The number of piperidine rings is 1. The van der Waals surface area contributed by atoms with E-state index >= 15 is 0 Å². The van der Waals surface area contributed by atoms with Crippen LogP contribution in [0.15, 0.2) is 18.2 Å². The van der Waals surface area contributed by atoms with E-state index in [0.717, 1.165) is 56.2 Å². The van der Waals surface area contributed by atoms with Crippen LogP contribution in [0, 0.1) is 11.3 Å². The number of hydrogen-bond donors (Lipinski definition) is 0. The number of halogens is 1. The molecule has 0 N–H and O–H groups in total. The normalized spacial score (nSPS) is 20.6. The number of benzene rings is 1. The third-order valence-corrected chi connectivity index (χ3v) is 5.58. The highest BCUT2D eigenvalue weighted by Crippen LogP contribution is 2.33. The van der Waals surface area contributed by atoms with E-state index in [0.29, 0.717) is 16.5 Å². The average molecular weight is 356 g/mol. The number of nitrogens with zero attached hydrogens (tertiary/aromatic N) is 5. The van der Waals surface area contributed by atoms with Gasteiger partial charge >= 0.3 is 0 Å². The van der Waals surface area contributed by atoms with Crippen LogP contribution >= 0.6 is 11.6 Å². The van der Waals surface area contributed by atoms with Gasteiger partial charge in [0.25, 0.3) is 0 Å². The van der Waals surface area contributed by atoms with Crippen LogP contribution in [0.3, 0.4) is 0 Å². The summed E-state index contributed by atoms with van der Waals surface area (Å²) < 4.78 is 2.35. The largest absolute Gasteiger partial charge is 0.370 e. The van der Waals surface area contributed by atoms with E-state index in [9.17, 15) is 5.26 Å².